The zero-order chi connectivity index (χ0) is 11.5. The molecule has 2 aliphatic heterocycles. The Morgan fingerprint density at radius 1 is 0.750 bits per heavy atom. The summed E-state index contributed by atoms with van der Waals surface area (Å²) >= 11 is 0. The minimum absolute atomic E-state index is 0.164. The molecule has 2 unspecified atom stereocenters. The van der Waals surface area contributed by atoms with Crippen molar-refractivity contribution in [2.24, 2.45) is 0 Å². The summed E-state index contributed by atoms with van der Waals surface area (Å²) in [5.74, 6) is 0. The van der Waals surface area contributed by atoms with Gasteiger partial charge >= 0.3 is 0 Å². The van der Waals surface area contributed by atoms with E-state index in [2.05, 4.69) is 13.1 Å². The van der Waals surface area contributed by atoms with Crippen LogP contribution in [-0.2, 0) is 9.47 Å². The van der Waals surface area contributed by atoms with Crippen LogP contribution in [0, 0.1) is 0 Å². The Bertz CT molecular complexity index is 197. The summed E-state index contributed by atoms with van der Waals surface area (Å²) in [5, 5.41) is 0.430. The fraction of sp³-hybridized carbons (Fsp3) is 1.00. The van der Waals surface area contributed by atoms with Crippen molar-refractivity contribution >= 4 is 19.0 Å². The molecule has 94 valence electrons. The van der Waals surface area contributed by atoms with E-state index in [1.165, 1.54) is 38.5 Å². The fourth-order valence-corrected chi connectivity index (χ4v) is 8.88. The highest BCUT2D eigenvalue weighted by Crippen LogP contribution is 2.41. The number of hydrogen-bond donors (Lipinski definition) is 0. The molecule has 2 saturated heterocycles. The third kappa shape index (κ3) is 2.05. The van der Waals surface area contributed by atoms with Gasteiger partial charge in [0.05, 0.1) is 29.5 Å². The van der Waals surface area contributed by atoms with Gasteiger partial charge in [0.1, 0.15) is 0 Å². The van der Waals surface area contributed by atoms with Crippen molar-refractivity contribution in [2.75, 3.05) is 13.2 Å². The van der Waals surface area contributed by atoms with Crippen LogP contribution in [0.5, 0.6) is 0 Å². The van der Waals surface area contributed by atoms with Gasteiger partial charge in [-0.15, -0.1) is 0 Å². The molecule has 16 heavy (non-hydrogen) atoms. The Morgan fingerprint density at radius 3 is 1.44 bits per heavy atom. The van der Waals surface area contributed by atoms with Crippen molar-refractivity contribution in [3.63, 3.8) is 0 Å². The summed E-state index contributed by atoms with van der Waals surface area (Å²) in [6.45, 7) is 6.82. The second-order valence-electron chi connectivity index (χ2n) is 5.31. The van der Waals surface area contributed by atoms with Gasteiger partial charge in [0.25, 0.3) is 0 Å². The van der Waals surface area contributed by atoms with Gasteiger partial charge in [0, 0.05) is 13.2 Å². The predicted molar refractivity (Wildman–Crippen MR) is 73.9 cm³/mol. The summed E-state index contributed by atoms with van der Waals surface area (Å²) in [7, 11) is -0.327. The van der Waals surface area contributed by atoms with Gasteiger partial charge in [0.15, 0.2) is 0 Å². The van der Waals surface area contributed by atoms with Crippen LogP contribution >= 0.6 is 0 Å². The lowest BCUT2D eigenvalue weighted by Crippen LogP contribution is -2.65. The molecule has 2 fully saturated rings. The predicted octanol–water partition coefficient (Wildman–Crippen LogP) is 1.21. The highest BCUT2D eigenvalue weighted by molar-refractivity contribution is 6.47. The van der Waals surface area contributed by atoms with E-state index in [4.69, 9.17) is 9.47 Å². The minimum Gasteiger partial charge on any atom is -0.377 e. The summed E-state index contributed by atoms with van der Waals surface area (Å²) in [4.78, 5) is 0. The van der Waals surface area contributed by atoms with Crippen molar-refractivity contribution < 1.29 is 9.47 Å². The first-order valence-electron chi connectivity index (χ1n) is 7.06. The van der Waals surface area contributed by atoms with Crippen LogP contribution in [0.1, 0.15) is 38.5 Å². The van der Waals surface area contributed by atoms with Crippen LogP contribution in [0.2, 0.25) is 13.1 Å². The number of hydrogen-bond acceptors (Lipinski definition) is 2. The van der Waals surface area contributed by atoms with Gasteiger partial charge in [0.2, 0.25) is 0 Å². The van der Waals surface area contributed by atoms with E-state index in [1.54, 1.807) is 0 Å². The molecule has 0 aromatic rings. The number of ether oxygens (including phenoxy) is 2. The smallest absolute Gasteiger partial charge is 0.0762 e. The van der Waals surface area contributed by atoms with Crippen molar-refractivity contribution in [3.8, 4) is 0 Å². The summed E-state index contributed by atoms with van der Waals surface area (Å²) in [6, 6.07) is 0. The first-order valence-corrected chi connectivity index (χ1v) is 11.3. The fourth-order valence-electron chi connectivity index (χ4n) is 3.63. The van der Waals surface area contributed by atoms with Gasteiger partial charge in [-0.1, -0.05) is 13.1 Å². The lowest BCUT2D eigenvalue weighted by Gasteiger charge is -2.53. The minimum atomic E-state index is -0.164. The van der Waals surface area contributed by atoms with Crippen LogP contribution < -0.4 is 0 Å². The van der Waals surface area contributed by atoms with Crippen LogP contribution in [-0.4, -0.2) is 42.7 Å². The van der Waals surface area contributed by atoms with E-state index in [0.717, 1.165) is 13.2 Å². The molecule has 0 radical (unpaired) electrons. The largest absolute Gasteiger partial charge is 0.377 e. The number of rotatable bonds is 3. The van der Waals surface area contributed by atoms with E-state index in [9.17, 15) is 0 Å². The molecule has 0 aromatic heterocycles. The molecule has 2 aliphatic rings. The van der Waals surface area contributed by atoms with E-state index >= 15 is 0 Å². The maximum atomic E-state index is 6.32. The Labute approximate surface area is 104 Å². The molecule has 0 amide bonds. The lowest BCUT2D eigenvalue weighted by atomic mass is 9.96. The van der Waals surface area contributed by atoms with Crippen LogP contribution in [0.4, 0.5) is 0 Å². The van der Waals surface area contributed by atoms with E-state index < -0.39 is 0 Å². The van der Waals surface area contributed by atoms with Crippen molar-refractivity contribution in [1.82, 2.24) is 0 Å². The summed E-state index contributed by atoms with van der Waals surface area (Å²) < 4.78 is 12.6. The van der Waals surface area contributed by atoms with Crippen LogP contribution in [0.15, 0.2) is 0 Å². The van der Waals surface area contributed by atoms with Gasteiger partial charge < -0.3 is 9.47 Å². The second kappa shape index (κ2) is 5.33. The Hall–Kier alpha value is 0.354. The third-order valence-corrected chi connectivity index (χ3v) is 9.87. The van der Waals surface area contributed by atoms with E-state index in [-0.39, 0.29) is 29.5 Å². The van der Waals surface area contributed by atoms with Crippen molar-refractivity contribution in [2.45, 2.75) is 62.1 Å². The average Bonchev–Trinajstić information content (AvgIpc) is 2.40. The molecule has 2 nitrogen and oxygen atoms in total. The standard InChI is InChI=1S/C12H26O2Si2/c1-15-11(7-3-5-9-13-11)12(16-2)8-4-6-10-14-12/h3-10,15-16H2,1-2H3. The highest BCUT2D eigenvalue weighted by atomic mass is 28.2. The molecule has 2 atom stereocenters. The highest BCUT2D eigenvalue weighted by Gasteiger charge is 2.52. The van der Waals surface area contributed by atoms with Crippen LogP contribution in [0.25, 0.3) is 0 Å². The van der Waals surface area contributed by atoms with Crippen molar-refractivity contribution in [3.05, 3.63) is 0 Å². The van der Waals surface area contributed by atoms with Crippen LogP contribution in [0.3, 0.4) is 0 Å². The molecule has 0 spiro atoms. The average molecular weight is 259 g/mol. The van der Waals surface area contributed by atoms with E-state index in [0.29, 0.717) is 0 Å². The monoisotopic (exact) mass is 258 g/mol. The summed E-state index contributed by atoms with van der Waals surface area (Å²) in [5.41, 5.74) is 0. The molecule has 0 N–H and O–H groups in total. The topological polar surface area (TPSA) is 18.5 Å². The Balaban J connectivity index is 2.21. The van der Waals surface area contributed by atoms with Gasteiger partial charge in [-0.3, -0.25) is 0 Å². The van der Waals surface area contributed by atoms with Crippen molar-refractivity contribution in [1.29, 1.82) is 0 Å². The maximum absolute atomic E-state index is 6.32. The molecule has 0 bridgehead atoms. The molecular weight excluding hydrogens is 232 g/mol. The summed E-state index contributed by atoms with van der Waals surface area (Å²) in [6.07, 6.45) is 7.82. The third-order valence-electron chi connectivity index (χ3n) is 4.68. The molecule has 0 saturated carbocycles. The normalized spacial score (nSPS) is 42.4. The van der Waals surface area contributed by atoms with Gasteiger partial charge in [-0.25, -0.2) is 0 Å². The van der Waals surface area contributed by atoms with Gasteiger partial charge in [-0.2, -0.15) is 0 Å². The Morgan fingerprint density at radius 2 is 1.19 bits per heavy atom. The molecule has 2 heterocycles. The quantitative estimate of drug-likeness (QED) is 0.709. The molecule has 4 heteroatoms. The molecule has 0 aromatic carbocycles. The SMILES string of the molecule is C[SiH2]C1(C2([SiH2]C)CCCCO2)CCCCO1. The van der Waals surface area contributed by atoms with E-state index in [1.807, 2.05) is 0 Å². The maximum Gasteiger partial charge on any atom is 0.0762 e. The Kier molecular flexibility index (Phi) is 4.27. The molecule has 2 rings (SSSR count). The second-order valence-corrected chi connectivity index (χ2v) is 9.01. The molecule has 0 aliphatic carbocycles. The zero-order valence-electron chi connectivity index (χ0n) is 10.9. The first-order chi connectivity index (χ1) is 7.79. The molecular formula is C12H26O2Si2. The first kappa shape index (κ1) is 12.8. The van der Waals surface area contributed by atoms with Gasteiger partial charge in [-0.05, 0) is 38.5 Å². The lowest BCUT2D eigenvalue weighted by molar-refractivity contribution is -0.160. The zero-order valence-corrected chi connectivity index (χ0v) is 13.7.